The first kappa shape index (κ1) is 16.3. The third-order valence-electron chi connectivity index (χ3n) is 3.85. The number of hydrogen-bond acceptors (Lipinski definition) is 5. The van der Waals surface area contributed by atoms with Crippen LogP contribution in [0.4, 0.5) is 5.95 Å². The van der Waals surface area contributed by atoms with E-state index in [1.807, 2.05) is 12.1 Å². The second-order valence-corrected chi connectivity index (χ2v) is 6.37. The lowest BCUT2D eigenvalue weighted by Gasteiger charge is -2.17. The molecule has 1 aliphatic rings. The van der Waals surface area contributed by atoms with Crippen molar-refractivity contribution in [3.8, 4) is 5.88 Å². The summed E-state index contributed by atoms with van der Waals surface area (Å²) in [5.41, 5.74) is 1.09. The molecule has 1 atom stereocenters. The van der Waals surface area contributed by atoms with E-state index in [9.17, 15) is 0 Å². The van der Waals surface area contributed by atoms with Gasteiger partial charge >= 0.3 is 0 Å². The molecule has 23 heavy (non-hydrogen) atoms. The minimum absolute atomic E-state index is 0.313. The Hall–Kier alpha value is -1.56. The monoisotopic (exact) mass is 352 g/mol. The molecular formula is C16H18Cl2N4O. The number of halogens is 2. The van der Waals surface area contributed by atoms with Crippen LogP contribution < -0.4 is 10.1 Å². The van der Waals surface area contributed by atoms with Gasteiger partial charge in [-0.1, -0.05) is 29.3 Å². The van der Waals surface area contributed by atoms with Gasteiger partial charge in [-0.05, 0) is 24.1 Å². The second-order valence-electron chi connectivity index (χ2n) is 5.52. The highest BCUT2D eigenvalue weighted by atomic mass is 35.5. The van der Waals surface area contributed by atoms with E-state index < -0.39 is 0 Å². The molecule has 2 heterocycles. The summed E-state index contributed by atoms with van der Waals surface area (Å²) < 4.78 is 5.12. The van der Waals surface area contributed by atoms with Crippen molar-refractivity contribution in [2.24, 2.45) is 0 Å². The van der Waals surface area contributed by atoms with Crippen LogP contribution in [0.15, 0.2) is 30.5 Å². The quantitative estimate of drug-likeness (QED) is 0.892. The van der Waals surface area contributed by atoms with Crippen molar-refractivity contribution in [1.82, 2.24) is 14.9 Å². The molecule has 1 N–H and O–H groups in total. The summed E-state index contributed by atoms with van der Waals surface area (Å²) in [6, 6.07) is 7.69. The molecule has 0 aliphatic carbocycles. The number of nitrogens with zero attached hydrogens (tertiary/aromatic N) is 3. The fraction of sp³-hybridized carbons (Fsp3) is 0.375. The predicted molar refractivity (Wildman–Crippen MR) is 92.4 cm³/mol. The molecule has 2 aromatic rings. The van der Waals surface area contributed by atoms with Crippen molar-refractivity contribution in [1.29, 1.82) is 0 Å². The van der Waals surface area contributed by atoms with Gasteiger partial charge in [-0.2, -0.15) is 4.98 Å². The number of hydrogen-bond donors (Lipinski definition) is 1. The Balaban J connectivity index is 1.57. The van der Waals surface area contributed by atoms with Crippen LogP contribution in [0.5, 0.6) is 5.88 Å². The Morgan fingerprint density at radius 2 is 2.22 bits per heavy atom. The molecule has 0 spiro atoms. The molecule has 1 saturated heterocycles. The molecule has 0 bridgehead atoms. The molecule has 122 valence electrons. The van der Waals surface area contributed by atoms with Crippen molar-refractivity contribution in [3.05, 3.63) is 46.1 Å². The molecule has 1 fully saturated rings. The van der Waals surface area contributed by atoms with Crippen LogP contribution in [0.1, 0.15) is 12.0 Å². The summed E-state index contributed by atoms with van der Waals surface area (Å²) in [5.74, 6) is 1.16. The van der Waals surface area contributed by atoms with Gasteiger partial charge in [0.15, 0.2) is 0 Å². The van der Waals surface area contributed by atoms with E-state index in [1.54, 1.807) is 25.4 Å². The molecule has 1 aromatic carbocycles. The lowest BCUT2D eigenvalue weighted by atomic mass is 10.2. The van der Waals surface area contributed by atoms with E-state index in [1.165, 1.54) is 0 Å². The van der Waals surface area contributed by atoms with Crippen molar-refractivity contribution in [2.45, 2.75) is 19.0 Å². The molecule has 0 saturated carbocycles. The number of aromatic nitrogens is 2. The average Bonchev–Trinajstić information content (AvgIpc) is 2.97. The van der Waals surface area contributed by atoms with Gasteiger partial charge < -0.3 is 10.1 Å². The summed E-state index contributed by atoms with van der Waals surface area (Å²) in [6.07, 6.45) is 2.72. The first-order valence-electron chi connectivity index (χ1n) is 7.44. The van der Waals surface area contributed by atoms with Gasteiger partial charge in [0.25, 0.3) is 0 Å². The Labute approximate surface area is 145 Å². The van der Waals surface area contributed by atoms with Crippen LogP contribution in [0.25, 0.3) is 0 Å². The van der Waals surface area contributed by atoms with Crippen LogP contribution in [0.3, 0.4) is 0 Å². The number of methoxy groups -OCH3 is 1. The third-order valence-corrected chi connectivity index (χ3v) is 4.44. The SMILES string of the molecule is COc1ccnc(NC2CCN(Cc3ccc(Cl)cc3Cl)C2)n1. The maximum atomic E-state index is 6.25. The predicted octanol–water partition coefficient (Wildman–Crippen LogP) is 3.48. The lowest BCUT2D eigenvalue weighted by molar-refractivity contribution is 0.328. The highest BCUT2D eigenvalue weighted by Crippen LogP contribution is 2.24. The van der Waals surface area contributed by atoms with Gasteiger partial charge in [-0.15, -0.1) is 0 Å². The molecule has 0 radical (unpaired) electrons. The maximum Gasteiger partial charge on any atom is 0.226 e. The minimum atomic E-state index is 0.313. The van der Waals surface area contributed by atoms with Crippen molar-refractivity contribution in [2.75, 3.05) is 25.5 Å². The Morgan fingerprint density at radius 1 is 1.35 bits per heavy atom. The zero-order valence-corrected chi connectivity index (χ0v) is 14.3. The van der Waals surface area contributed by atoms with Gasteiger partial charge in [0.2, 0.25) is 11.8 Å². The minimum Gasteiger partial charge on any atom is -0.481 e. The van der Waals surface area contributed by atoms with E-state index in [2.05, 4.69) is 20.2 Å². The number of ether oxygens (including phenoxy) is 1. The van der Waals surface area contributed by atoms with E-state index in [4.69, 9.17) is 27.9 Å². The second kappa shape index (κ2) is 7.34. The highest BCUT2D eigenvalue weighted by molar-refractivity contribution is 6.35. The van der Waals surface area contributed by atoms with Crippen molar-refractivity contribution < 1.29 is 4.74 Å². The zero-order valence-electron chi connectivity index (χ0n) is 12.8. The smallest absolute Gasteiger partial charge is 0.226 e. The molecule has 1 unspecified atom stereocenters. The van der Waals surface area contributed by atoms with E-state index in [-0.39, 0.29) is 0 Å². The number of nitrogens with one attached hydrogen (secondary N) is 1. The largest absolute Gasteiger partial charge is 0.481 e. The molecule has 0 amide bonds. The molecule has 1 aromatic heterocycles. The van der Waals surface area contributed by atoms with Gasteiger partial charge in [0.05, 0.1) is 7.11 Å². The van der Waals surface area contributed by atoms with Gasteiger partial charge in [-0.25, -0.2) is 4.98 Å². The van der Waals surface area contributed by atoms with Crippen LogP contribution in [0.2, 0.25) is 10.0 Å². The summed E-state index contributed by atoms with van der Waals surface area (Å²) in [6.45, 7) is 2.73. The summed E-state index contributed by atoms with van der Waals surface area (Å²) in [5, 5.41) is 4.73. The van der Waals surface area contributed by atoms with E-state index >= 15 is 0 Å². The Bertz CT molecular complexity index is 683. The topological polar surface area (TPSA) is 50.3 Å². The molecule has 5 nitrogen and oxygen atoms in total. The fourth-order valence-electron chi connectivity index (χ4n) is 2.69. The maximum absolute atomic E-state index is 6.25. The molecule has 7 heteroatoms. The van der Waals surface area contributed by atoms with Crippen molar-refractivity contribution >= 4 is 29.2 Å². The molecular weight excluding hydrogens is 335 g/mol. The third kappa shape index (κ3) is 4.25. The summed E-state index contributed by atoms with van der Waals surface area (Å²) in [7, 11) is 1.60. The zero-order chi connectivity index (χ0) is 16.2. The van der Waals surface area contributed by atoms with Gasteiger partial charge in [-0.3, -0.25) is 4.90 Å². The first-order chi connectivity index (χ1) is 11.1. The fourth-order valence-corrected chi connectivity index (χ4v) is 3.16. The lowest BCUT2D eigenvalue weighted by Crippen LogP contribution is -2.26. The Kier molecular flexibility index (Phi) is 5.20. The number of likely N-dealkylation sites (tertiary alicyclic amines) is 1. The van der Waals surface area contributed by atoms with E-state index in [0.29, 0.717) is 27.9 Å². The van der Waals surface area contributed by atoms with Crippen LogP contribution >= 0.6 is 23.2 Å². The number of anilines is 1. The molecule has 3 rings (SSSR count). The van der Waals surface area contributed by atoms with Gasteiger partial charge in [0, 0.05) is 48.0 Å². The number of benzene rings is 1. The average molecular weight is 353 g/mol. The first-order valence-corrected chi connectivity index (χ1v) is 8.19. The highest BCUT2D eigenvalue weighted by Gasteiger charge is 2.23. The summed E-state index contributed by atoms with van der Waals surface area (Å²) >= 11 is 12.2. The Morgan fingerprint density at radius 3 is 3.00 bits per heavy atom. The molecule has 1 aliphatic heterocycles. The van der Waals surface area contributed by atoms with E-state index in [0.717, 1.165) is 31.6 Å². The van der Waals surface area contributed by atoms with Crippen LogP contribution in [-0.2, 0) is 6.54 Å². The summed E-state index contributed by atoms with van der Waals surface area (Å²) in [4.78, 5) is 10.9. The van der Waals surface area contributed by atoms with Crippen LogP contribution in [-0.4, -0.2) is 41.1 Å². The number of rotatable bonds is 5. The van der Waals surface area contributed by atoms with Crippen molar-refractivity contribution in [3.63, 3.8) is 0 Å². The van der Waals surface area contributed by atoms with Crippen LogP contribution in [0, 0.1) is 0 Å². The normalized spacial score (nSPS) is 18.1. The standard InChI is InChI=1S/C16H18Cl2N4O/c1-23-15-4-6-19-16(21-15)20-13-5-7-22(10-13)9-11-2-3-12(17)8-14(11)18/h2-4,6,8,13H,5,7,9-10H2,1H3,(H,19,20,21). The van der Waals surface area contributed by atoms with Gasteiger partial charge in [0.1, 0.15) is 0 Å².